The summed E-state index contributed by atoms with van der Waals surface area (Å²) < 4.78 is 18.9. The highest BCUT2D eigenvalue weighted by Gasteiger charge is 2.07. The van der Waals surface area contributed by atoms with Crippen LogP contribution < -0.4 is 10.1 Å². The van der Waals surface area contributed by atoms with Crippen molar-refractivity contribution in [1.82, 2.24) is 0 Å². The van der Waals surface area contributed by atoms with Gasteiger partial charge in [-0.3, -0.25) is 0 Å². The number of hydrogen-bond donors (Lipinski definition) is 1. The molecule has 0 unspecified atom stereocenters. The highest BCUT2D eigenvalue weighted by Crippen LogP contribution is 2.32. The second-order valence-corrected chi connectivity index (χ2v) is 5.21. The van der Waals surface area contributed by atoms with E-state index in [1.807, 2.05) is 24.3 Å². The molecule has 0 radical (unpaired) electrons. The molecule has 1 N–H and O–H groups in total. The van der Waals surface area contributed by atoms with Gasteiger partial charge in [0, 0.05) is 11.0 Å². The van der Waals surface area contributed by atoms with Crippen molar-refractivity contribution in [1.29, 1.82) is 0 Å². The average Bonchev–Trinajstić information content (AvgIpc) is 2.37. The van der Waals surface area contributed by atoms with E-state index in [-0.39, 0.29) is 5.82 Å². The maximum absolute atomic E-state index is 13.1. The Morgan fingerprint density at radius 2 is 2.11 bits per heavy atom. The van der Waals surface area contributed by atoms with Crippen LogP contribution in [0.25, 0.3) is 0 Å². The molecule has 2 rings (SSSR count). The van der Waals surface area contributed by atoms with E-state index in [1.165, 1.54) is 12.1 Å². The van der Waals surface area contributed by atoms with Crippen molar-refractivity contribution < 1.29 is 9.13 Å². The largest absolute Gasteiger partial charge is 0.497 e. The molecule has 0 heterocycles. The van der Waals surface area contributed by atoms with Crippen LogP contribution in [0.4, 0.5) is 10.1 Å². The predicted octanol–water partition coefficient (Wildman–Crippen LogP) is 4.86. The second-order valence-electron chi connectivity index (χ2n) is 3.95. The van der Waals surface area contributed by atoms with E-state index in [0.29, 0.717) is 21.7 Å². The molecule has 2 aromatic carbocycles. The van der Waals surface area contributed by atoms with E-state index in [2.05, 4.69) is 21.2 Å². The van der Waals surface area contributed by atoms with Crippen LogP contribution in [0.3, 0.4) is 0 Å². The van der Waals surface area contributed by atoms with E-state index < -0.39 is 0 Å². The molecule has 0 fully saturated rings. The first kappa shape index (κ1) is 14.2. The highest BCUT2D eigenvalue weighted by molar-refractivity contribution is 9.10. The van der Waals surface area contributed by atoms with Gasteiger partial charge in [-0.1, -0.05) is 23.7 Å². The second kappa shape index (κ2) is 6.26. The number of benzene rings is 2. The van der Waals surface area contributed by atoms with Crippen molar-refractivity contribution in [3.05, 3.63) is 57.3 Å². The molecule has 2 nitrogen and oxygen atoms in total. The lowest BCUT2D eigenvalue weighted by atomic mass is 10.2. The molecule has 0 aliphatic rings. The van der Waals surface area contributed by atoms with Gasteiger partial charge in [0.05, 0.1) is 17.8 Å². The van der Waals surface area contributed by atoms with Crippen molar-refractivity contribution in [2.45, 2.75) is 6.54 Å². The third-order valence-electron chi connectivity index (χ3n) is 2.61. The van der Waals surface area contributed by atoms with E-state index in [9.17, 15) is 4.39 Å². The minimum Gasteiger partial charge on any atom is -0.497 e. The SMILES string of the molecule is COc1cccc(CNc2c(Cl)cc(F)cc2Br)c1. The van der Waals surface area contributed by atoms with Gasteiger partial charge in [-0.25, -0.2) is 4.39 Å². The van der Waals surface area contributed by atoms with Crippen LogP contribution in [0.2, 0.25) is 5.02 Å². The first-order chi connectivity index (χ1) is 9.10. The van der Waals surface area contributed by atoms with E-state index >= 15 is 0 Å². The molecule has 0 saturated carbocycles. The summed E-state index contributed by atoms with van der Waals surface area (Å²) in [6.45, 7) is 0.571. The molecule has 100 valence electrons. The smallest absolute Gasteiger partial charge is 0.125 e. The molecule has 0 spiro atoms. The molecule has 0 bridgehead atoms. The Kier molecular flexibility index (Phi) is 4.66. The van der Waals surface area contributed by atoms with Crippen LogP contribution >= 0.6 is 27.5 Å². The van der Waals surface area contributed by atoms with E-state index in [4.69, 9.17) is 16.3 Å². The number of methoxy groups -OCH3 is 1. The lowest BCUT2D eigenvalue weighted by molar-refractivity contribution is 0.414. The summed E-state index contributed by atoms with van der Waals surface area (Å²) in [4.78, 5) is 0. The van der Waals surface area contributed by atoms with Crippen LogP contribution in [-0.4, -0.2) is 7.11 Å². The van der Waals surface area contributed by atoms with Gasteiger partial charge in [-0.15, -0.1) is 0 Å². The van der Waals surface area contributed by atoms with Crippen molar-refractivity contribution >= 4 is 33.2 Å². The Bertz CT molecular complexity index is 568. The first-order valence-corrected chi connectivity index (χ1v) is 6.78. The molecule has 0 saturated heterocycles. The molecule has 2 aromatic rings. The van der Waals surface area contributed by atoms with Gasteiger partial charge in [0.25, 0.3) is 0 Å². The van der Waals surface area contributed by atoms with Crippen LogP contribution in [0.1, 0.15) is 5.56 Å². The number of ether oxygens (including phenoxy) is 1. The molecule has 0 amide bonds. The number of rotatable bonds is 4. The van der Waals surface area contributed by atoms with E-state index in [0.717, 1.165) is 11.3 Å². The number of hydrogen-bond acceptors (Lipinski definition) is 2. The summed E-state index contributed by atoms with van der Waals surface area (Å²) in [5, 5.41) is 3.52. The topological polar surface area (TPSA) is 21.3 Å². The molecule has 5 heteroatoms. The summed E-state index contributed by atoms with van der Waals surface area (Å²) in [6.07, 6.45) is 0. The van der Waals surface area contributed by atoms with Gasteiger partial charge in [-0.05, 0) is 45.8 Å². The fraction of sp³-hybridized carbons (Fsp3) is 0.143. The van der Waals surface area contributed by atoms with Crippen LogP contribution in [0, 0.1) is 5.82 Å². The lowest BCUT2D eigenvalue weighted by Crippen LogP contribution is -2.01. The van der Waals surface area contributed by atoms with Crippen LogP contribution in [0.15, 0.2) is 40.9 Å². The fourth-order valence-electron chi connectivity index (χ4n) is 1.68. The number of anilines is 1. The average molecular weight is 345 g/mol. The molecule has 0 aromatic heterocycles. The molecule has 19 heavy (non-hydrogen) atoms. The quantitative estimate of drug-likeness (QED) is 0.855. The van der Waals surface area contributed by atoms with Gasteiger partial charge in [0.1, 0.15) is 11.6 Å². The predicted molar refractivity (Wildman–Crippen MR) is 79.4 cm³/mol. The Morgan fingerprint density at radius 3 is 2.79 bits per heavy atom. The summed E-state index contributed by atoms with van der Waals surface area (Å²) in [6, 6.07) is 10.3. The Labute approximate surface area is 124 Å². The van der Waals surface area contributed by atoms with Crippen molar-refractivity contribution in [3.8, 4) is 5.75 Å². The fourth-order valence-corrected chi connectivity index (χ4v) is 2.64. The third-order valence-corrected chi connectivity index (χ3v) is 3.53. The Balaban J connectivity index is 2.14. The lowest BCUT2D eigenvalue weighted by Gasteiger charge is -2.11. The van der Waals surface area contributed by atoms with Crippen LogP contribution in [-0.2, 0) is 6.54 Å². The number of nitrogens with one attached hydrogen (secondary N) is 1. The normalized spacial score (nSPS) is 10.3. The maximum atomic E-state index is 13.1. The zero-order valence-electron chi connectivity index (χ0n) is 10.2. The van der Waals surface area contributed by atoms with Crippen molar-refractivity contribution in [2.24, 2.45) is 0 Å². The molecule has 0 aliphatic carbocycles. The molecule has 0 atom stereocenters. The van der Waals surface area contributed by atoms with E-state index in [1.54, 1.807) is 7.11 Å². The van der Waals surface area contributed by atoms with Gasteiger partial charge < -0.3 is 10.1 Å². The van der Waals surface area contributed by atoms with Gasteiger partial charge in [0.15, 0.2) is 0 Å². The Morgan fingerprint density at radius 1 is 1.32 bits per heavy atom. The zero-order chi connectivity index (χ0) is 13.8. The summed E-state index contributed by atoms with van der Waals surface area (Å²) in [5.41, 5.74) is 1.72. The minimum absolute atomic E-state index is 0.342. The van der Waals surface area contributed by atoms with Crippen molar-refractivity contribution in [2.75, 3.05) is 12.4 Å². The summed E-state index contributed by atoms with van der Waals surface area (Å²) in [5.74, 6) is 0.423. The minimum atomic E-state index is -0.371. The zero-order valence-corrected chi connectivity index (χ0v) is 12.6. The molecule has 0 aliphatic heterocycles. The first-order valence-electron chi connectivity index (χ1n) is 5.61. The van der Waals surface area contributed by atoms with Crippen molar-refractivity contribution in [3.63, 3.8) is 0 Å². The Hall–Kier alpha value is -1.26. The summed E-state index contributed by atoms with van der Waals surface area (Å²) in [7, 11) is 1.62. The third kappa shape index (κ3) is 3.61. The monoisotopic (exact) mass is 343 g/mol. The molecular formula is C14H12BrClFNO. The standard InChI is InChI=1S/C14H12BrClFNO/c1-19-11-4-2-3-9(5-11)8-18-14-12(15)6-10(17)7-13(14)16/h2-7,18H,8H2,1H3. The maximum Gasteiger partial charge on any atom is 0.125 e. The van der Waals surface area contributed by atoms with Gasteiger partial charge in [-0.2, -0.15) is 0 Å². The highest BCUT2D eigenvalue weighted by atomic mass is 79.9. The molecular weight excluding hydrogens is 333 g/mol. The van der Waals surface area contributed by atoms with Crippen LogP contribution in [0.5, 0.6) is 5.75 Å². The number of halogens is 3. The van der Waals surface area contributed by atoms with Gasteiger partial charge >= 0.3 is 0 Å². The van der Waals surface area contributed by atoms with Gasteiger partial charge in [0.2, 0.25) is 0 Å². The summed E-state index contributed by atoms with van der Waals surface area (Å²) >= 11 is 9.29.